The summed E-state index contributed by atoms with van der Waals surface area (Å²) in [6.07, 6.45) is 0. The van der Waals surface area contributed by atoms with Crippen LogP contribution in [0.15, 0.2) is 23.0 Å². The number of H-pyrrole nitrogens is 1. The van der Waals surface area contributed by atoms with Crippen molar-refractivity contribution in [1.29, 1.82) is 0 Å². The zero-order chi connectivity index (χ0) is 18.9. The van der Waals surface area contributed by atoms with Crippen LogP contribution in [0.5, 0.6) is 5.75 Å². The van der Waals surface area contributed by atoms with Crippen LogP contribution in [-0.2, 0) is 0 Å². The van der Waals surface area contributed by atoms with Gasteiger partial charge >= 0.3 is 18.6 Å². The van der Waals surface area contributed by atoms with Gasteiger partial charge in [-0.25, -0.2) is 14.0 Å². The highest BCUT2D eigenvalue weighted by atomic mass is 19.3. The molecule has 11 heteroatoms. The molecule has 0 radical (unpaired) electrons. The molecule has 2 aromatic rings. The van der Waals surface area contributed by atoms with E-state index in [4.69, 9.17) is 5.73 Å². The molecule has 0 aliphatic rings. The van der Waals surface area contributed by atoms with Crippen LogP contribution in [0, 0.1) is 5.82 Å². The predicted octanol–water partition coefficient (Wildman–Crippen LogP) is 1.76. The first kappa shape index (κ1) is 17.8. The molecule has 1 aromatic heterocycles. The molecule has 0 aliphatic heterocycles. The van der Waals surface area contributed by atoms with Gasteiger partial charge in [0.15, 0.2) is 0 Å². The Hall–Kier alpha value is -3.50. The normalized spacial score (nSPS) is 10.7. The van der Waals surface area contributed by atoms with Gasteiger partial charge in [-0.05, 0) is 18.2 Å². The summed E-state index contributed by atoms with van der Waals surface area (Å²) < 4.78 is 42.9. The topological polar surface area (TPSA) is 143 Å². The summed E-state index contributed by atoms with van der Waals surface area (Å²) >= 11 is 0. The summed E-state index contributed by atoms with van der Waals surface area (Å²) in [5.41, 5.74) is 0.573. The standard InChI is InChI=1S/C14H9F3N2O6/c15-4-1-2-6(25-14(16)17)5(3-4)7-8(12(21)22)10(18)19-11(20)9(7)13(23)24/h1-3,14H,(H,21,22)(H,23,24)(H3,18,19,20). The lowest BCUT2D eigenvalue weighted by molar-refractivity contribution is -0.0494. The van der Waals surface area contributed by atoms with Crippen LogP contribution in [0.3, 0.4) is 0 Å². The number of rotatable bonds is 5. The zero-order valence-electron chi connectivity index (χ0n) is 12.0. The number of alkyl halides is 2. The second kappa shape index (κ2) is 6.55. The minimum Gasteiger partial charge on any atom is -0.478 e. The minimum absolute atomic E-state index is 0.560. The van der Waals surface area contributed by atoms with Gasteiger partial charge in [-0.1, -0.05) is 0 Å². The number of pyridine rings is 1. The van der Waals surface area contributed by atoms with E-state index in [1.165, 1.54) is 0 Å². The number of nitrogens with two attached hydrogens (primary N) is 1. The molecule has 25 heavy (non-hydrogen) atoms. The molecule has 8 nitrogen and oxygen atoms in total. The lowest BCUT2D eigenvalue weighted by Crippen LogP contribution is -2.24. The average Bonchev–Trinajstić information content (AvgIpc) is 2.46. The lowest BCUT2D eigenvalue weighted by atomic mass is 9.94. The van der Waals surface area contributed by atoms with Crippen molar-refractivity contribution in [2.75, 3.05) is 5.73 Å². The predicted molar refractivity (Wildman–Crippen MR) is 77.4 cm³/mol. The van der Waals surface area contributed by atoms with Gasteiger partial charge in [-0.2, -0.15) is 8.78 Å². The summed E-state index contributed by atoms with van der Waals surface area (Å²) in [5.74, 6) is -6.11. The largest absolute Gasteiger partial charge is 0.478 e. The van der Waals surface area contributed by atoms with E-state index in [-0.39, 0.29) is 0 Å². The number of hydrogen-bond donors (Lipinski definition) is 4. The molecule has 0 amide bonds. The molecule has 0 saturated carbocycles. The van der Waals surface area contributed by atoms with Crippen molar-refractivity contribution in [3.8, 4) is 16.9 Å². The Bertz CT molecular complexity index is 926. The number of halogens is 3. The number of nitrogens with one attached hydrogen (secondary N) is 1. The van der Waals surface area contributed by atoms with Gasteiger partial charge in [0.2, 0.25) is 0 Å². The SMILES string of the molecule is Nc1[nH]c(=O)c(C(=O)O)c(-c2cc(F)ccc2OC(F)F)c1C(=O)O. The van der Waals surface area contributed by atoms with Crippen LogP contribution in [0.4, 0.5) is 19.0 Å². The van der Waals surface area contributed by atoms with Crippen LogP contribution in [0.25, 0.3) is 11.1 Å². The molecule has 1 heterocycles. The first-order valence-corrected chi connectivity index (χ1v) is 6.40. The van der Waals surface area contributed by atoms with Crippen LogP contribution in [0.2, 0.25) is 0 Å². The van der Waals surface area contributed by atoms with Crippen LogP contribution in [0.1, 0.15) is 20.7 Å². The number of ether oxygens (including phenoxy) is 1. The van der Waals surface area contributed by atoms with Crippen molar-refractivity contribution >= 4 is 17.8 Å². The fourth-order valence-electron chi connectivity index (χ4n) is 2.21. The van der Waals surface area contributed by atoms with Gasteiger partial charge < -0.3 is 25.7 Å². The Labute approximate surface area is 136 Å². The number of aromatic nitrogens is 1. The third-order valence-corrected chi connectivity index (χ3v) is 3.10. The minimum atomic E-state index is -3.37. The third-order valence-electron chi connectivity index (χ3n) is 3.10. The van der Waals surface area contributed by atoms with Gasteiger partial charge in [0, 0.05) is 11.1 Å². The summed E-state index contributed by atoms with van der Waals surface area (Å²) in [6, 6.07) is 2.04. The van der Waals surface area contributed by atoms with Gasteiger partial charge in [0.1, 0.15) is 28.5 Å². The first-order chi connectivity index (χ1) is 11.6. The van der Waals surface area contributed by atoms with E-state index in [1.54, 1.807) is 0 Å². The maximum Gasteiger partial charge on any atom is 0.387 e. The summed E-state index contributed by atoms with van der Waals surface area (Å²) in [4.78, 5) is 36.5. The van der Waals surface area contributed by atoms with Gasteiger partial charge in [0.05, 0.1) is 0 Å². The van der Waals surface area contributed by atoms with E-state index in [9.17, 15) is 37.8 Å². The summed E-state index contributed by atoms with van der Waals surface area (Å²) in [5, 5.41) is 18.5. The van der Waals surface area contributed by atoms with Gasteiger partial charge in [-0.15, -0.1) is 0 Å². The highest BCUT2D eigenvalue weighted by Gasteiger charge is 2.29. The maximum absolute atomic E-state index is 13.6. The summed E-state index contributed by atoms with van der Waals surface area (Å²) in [6.45, 7) is -3.37. The fraction of sp³-hybridized carbons (Fsp3) is 0.0714. The number of benzene rings is 1. The van der Waals surface area contributed by atoms with E-state index >= 15 is 0 Å². The summed E-state index contributed by atoms with van der Waals surface area (Å²) in [7, 11) is 0. The second-order valence-corrected chi connectivity index (χ2v) is 4.62. The number of carboxylic acid groups (broad SMARTS) is 2. The Kier molecular flexibility index (Phi) is 4.68. The second-order valence-electron chi connectivity index (χ2n) is 4.62. The maximum atomic E-state index is 13.6. The lowest BCUT2D eigenvalue weighted by Gasteiger charge is -2.15. The number of carboxylic acids is 2. The Morgan fingerprint density at radius 2 is 1.76 bits per heavy atom. The Balaban J connectivity index is 3.00. The number of aromatic amines is 1. The van der Waals surface area contributed by atoms with Gasteiger partial charge in [0.25, 0.3) is 5.56 Å². The van der Waals surface area contributed by atoms with Crippen molar-refractivity contribution in [2.45, 2.75) is 6.61 Å². The average molecular weight is 358 g/mol. The van der Waals surface area contributed by atoms with Crippen molar-refractivity contribution in [2.24, 2.45) is 0 Å². The molecule has 0 unspecified atom stereocenters. The quantitative estimate of drug-likeness (QED) is 0.638. The monoisotopic (exact) mass is 358 g/mol. The molecule has 2 rings (SSSR count). The molecule has 0 fully saturated rings. The zero-order valence-corrected chi connectivity index (χ0v) is 12.0. The van der Waals surface area contributed by atoms with Crippen molar-refractivity contribution < 1.29 is 37.7 Å². The number of hydrogen-bond acceptors (Lipinski definition) is 5. The van der Waals surface area contributed by atoms with E-state index in [1.807, 2.05) is 4.98 Å². The molecule has 1 aromatic carbocycles. The van der Waals surface area contributed by atoms with E-state index in [0.29, 0.717) is 6.07 Å². The Morgan fingerprint density at radius 3 is 2.28 bits per heavy atom. The molecule has 0 atom stereocenters. The van der Waals surface area contributed by atoms with Crippen LogP contribution in [-0.4, -0.2) is 33.7 Å². The molecule has 0 saturated heterocycles. The number of aromatic carboxylic acids is 2. The fourth-order valence-corrected chi connectivity index (χ4v) is 2.21. The number of anilines is 1. The third kappa shape index (κ3) is 3.39. The smallest absolute Gasteiger partial charge is 0.387 e. The highest BCUT2D eigenvalue weighted by molar-refractivity contribution is 6.08. The molecule has 5 N–H and O–H groups in total. The molecule has 0 spiro atoms. The van der Waals surface area contributed by atoms with E-state index in [0.717, 1.165) is 12.1 Å². The first-order valence-electron chi connectivity index (χ1n) is 6.40. The molecule has 0 aliphatic carbocycles. The van der Waals surface area contributed by atoms with E-state index in [2.05, 4.69) is 4.74 Å². The highest BCUT2D eigenvalue weighted by Crippen LogP contribution is 2.37. The molecule has 0 bridgehead atoms. The van der Waals surface area contributed by atoms with Crippen molar-refractivity contribution in [3.63, 3.8) is 0 Å². The van der Waals surface area contributed by atoms with Crippen LogP contribution >= 0.6 is 0 Å². The number of carbonyl (C=O) groups is 2. The molecular weight excluding hydrogens is 349 g/mol. The van der Waals surface area contributed by atoms with Crippen molar-refractivity contribution in [3.05, 3.63) is 45.5 Å². The molecular formula is C14H9F3N2O6. The molecule has 132 valence electrons. The Morgan fingerprint density at radius 1 is 1.16 bits per heavy atom. The number of nitrogen functional groups attached to an aromatic ring is 1. The van der Waals surface area contributed by atoms with Crippen molar-refractivity contribution in [1.82, 2.24) is 4.98 Å². The van der Waals surface area contributed by atoms with Crippen LogP contribution < -0.4 is 16.0 Å². The van der Waals surface area contributed by atoms with Gasteiger partial charge in [-0.3, -0.25) is 4.79 Å². The van der Waals surface area contributed by atoms with E-state index < -0.39 is 63.7 Å².